The van der Waals surface area contributed by atoms with Gasteiger partial charge in [-0.2, -0.15) is 0 Å². The van der Waals surface area contributed by atoms with Crippen LogP contribution in [0.2, 0.25) is 0 Å². The van der Waals surface area contributed by atoms with E-state index in [2.05, 4.69) is 22.6 Å². The van der Waals surface area contributed by atoms with E-state index in [4.69, 9.17) is 4.74 Å². The fourth-order valence-electron chi connectivity index (χ4n) is 2.86. The van der Waals surface area contributed by atoms with Gasteiger partial charge in [0.15, 0.2) is 6.23 Å². The molecule has 0 aliphatic carbocycles. The molecule has 2 heterocycles. The van der Waals surface area contributed by atoms with Crippen LogP contribution in [0.4, 0.5) is 0 Å². The summed E-state index contributed by atoms with van der Waals surface area (Å²) in [5.74, 6) is 0.436. The van der Waals surface area contributed by atoms with Crippen LogP contribution in [0.1, 0.15) is 40.0 Å². The zero-order valence-corrected chi connectivity index (χ0v) is 13.9. The van der Waals surface area contributed by atoms with Gasteiger partial charge in [0.25, 0.3) is 0 Å². The lowest BCUT2D eigenvalue weighted by atomic mass is 9.97. The Hall–Kier alpha value is -0.650. The third kappa shape index (κ3) is 5.24. The van der Waals surface area contributed by atoms with Crippen LogP contribution in [0, 0.1) is 11.3 Å². The Kier molecular flexibility index (Phi) is 5.63. The highest BCUT2D eigenvalue weighted by Gasteiger charge is 2.31. The number of nitrogens with zero attached hydrogens (tertiary/aromatic N) is 1. The van der Waals surface area contributed by atoms with E-state index in [9.17, 15) is 4.79 Å². The van der Waals surface area contributed by atoms with Gasteiger partial charge < -0.3 is 15.0 Å². The van der Waals surface area contributed by atoms with Crippen molar-refractivity contribution in [3.05, 3.63) is 0 Å². The SMILES string of the molecule is CN1CCC(NC[C@@H]2CNC(OC(=O)C(C)(C)C)C2)CC1. The Morgan fingerprint density at radius 3 is 2.62 bits per heavy atom. The molecule has 0 bridgehead atoms. The van der Waals surface area contributed by atoms with E-state index in [0.717, 1.165) is 19.5 Å². The van der Waals surface area contributed by atoms with Crippen molar-refractivity contribution in [3.63, 3.8) is 0 Å². The highest BCUT2D eigenvalue weighted by Crippen LogP contribution is 2.21. The number of ether oxygens (including phenoxy) is 1. The predicted molar refractivity (Wildman–Crippen MR) is 84.0 cm³/mol. The number of piperidine rings is 1. The Labute approximate surface area is 128 Å². The number of nitrogens with one attached hydrogen (secondary N) is 2. The van der Waals surface area contributed by atoms with E-state index in [1.807, 2.05) is 20.8 Å². The third-order valence-corrected chi connectivity index (χ3v) is 4.46. The molecule has 5 nitrogen and oxygen atoms in total. The number of rotatable bonds is 4. The third-order valence-electron chi connectivity index (χ3n) is 4.46. The summed E-state index contributed by atoms with van der Waals surface area (Å²) in [6.45, 7) is 10.0. The molecule has 0 saturated carbocycles. The van der Waals surface area contributed by atoms with Gasteiger partial charge in [0.1, 0.15) is 0 Å². The quantitative estimate of drug-likeness (QED) is 0.764. The second-order valence-electron chi connectivity index (χ2n) is 7.64. The van der Waals surface area contributed by atoms with E-state index < -0.39 is 5.41 Å². The van der Waals surface area contributed by atoms with Crippen molar-refractivity contribution in [2.45, 2.75) is 52.3 Å². The Bertz CT molecular complexity index is 346. The first-order chi connectivity index (χ1) is 9.84. The first-order valence-corrected chi connectivity index (χ1v) is 8.21. The molecule has 0 aromatic carbocycles. The van der Waals surface area contributed by atoms with E-state index >= 15 is 0 Å². The number of hydrogen-bond acceptors (Lipinski definition) is 5. The lowest BCUT2D eigenvalue weighted by Crippen LogP contribution is -2.42. The summed E-state index contributed by atoms with van der Waals surface area (Å²) in [7, 11) is 2.19. The number of hydrogen-bond donors (Lipinski definition) is 2. The fourth-order valence-corrected chi connectivity index (χ4v) is 2.86. The van der Waals surface area contributed by atoms with Crippen LogP contribution in [0.25, 0.3) is 0 Å². The largest absolute Gasteiger partial charge is 0.446 e. The molecule has 2 aliphatic rings. The lowest BCUT2D eigenvalue weighted by Gasteiger charge is -2.30. The molecule has 2 rings (SSSR count). The molecule has 0 aromatic heterocycles. The van der Waals surface area contributed by atoms with Crippen LogP contribution in [0.3, 0.4) is 0 Å². The van der Waals surface area contributed by atoms with E-state index in [-0.39, 0.29) is 12.2 Å². The number of likely N-dealkylation sites (tertiary alicyclic amines) is 1. The van der Waals surface area contributed by atoms with Crippen molar-refractivity contribution >= 4 is 5.97 Å². The maximum absolute atomic E-state index is 11.9. The standard InChI is InChI=1S/C16H31N3O2/c1-16(2,3)15(20)21-14-9-12(11-18-14)10-17-13-5-7-19(4)8-6-13/h12-14,17-18H,5-11H2,1-4H3/t12-,14?/m1/s1. The van der Waals surface area contributed by atoms with Crippen molar-refractivity contribution < 1.29 is 9.53 Å². The van der Waals surface area contributed by atoms with Crippen molar-refractivity contribution in [1.29, 1.82) is 0 Å². The molecule has 2 aliphatic heterocycles. The number of carbonyl (C=O) groups excluding carboxylic acids is 1. The minimum Gasteiger partial charge on any atom is -0.446 e. The minimum atomic E-state index is -0.424. The summed E-state index contributed by atoms with van der Waals surface area (Å²) in [5, 5.41) is 6.99. The van der Waals surface area contributed by atoms with Gasteiger partial charge in [-0.05, 0) is 66.2 Å². The molecule has 0 radical (unpaired) electrons. The molecule has 122 valence electrons. The van der Waals surface area contributed by atoms with Crippen LogP contribution >= 0.6 is 0 Å². The Balaban J connectivity index is 1.65. The molecule has 5 heteroatoms. The van der Waals surface area contributed by atoms with Crippen LogP contribution in [-0.4, -0.2) is 56.4 Å². The molecule has 2 fully saturated rings. The zero-order chi connectivity index (χ0) is 15.5. The first kappa shape index (κ1) is 16.7. The summed E-state index contributed by atoms with van der Waals surface area (Å²) in [6.07, 6.45) is 3.28. The fraction of sp³-hybridized carbons (Fsp3) is 0.938. The average Bonchev–Trinajstić information content (AvgIpc) is 2.85. The van der Waals surface area contributed by atoms with Gasteiger partial charge in [-0.25, -0.2) is 0 Å². The molecule has 2 saturated heterocycles. The second-order valence-corrected chi connectivity index (χ2v) is 7.64. The van der Waals surface area contributed by atoms with Crippen LogP contribution < -0.4 is 10.6 Å². The molecular weight excluding hydrogens is 266 g/mol. The monoisotopic (exact) mass is 297 g/mol. The highest BCUT2D eigenvalue weighted by molar-refractivity contribution is 5.75. The number of carbonyl (C=O) groups is 1. The molecule has 0 amide bonds. The molecule has 21 heavy (non-hydrogen) atoms. The van der Waals surface area contributed by atoms with Gasteiger partial charge in [-0.1, -0.05) is 0 Å². The summed E-state index contributed by atoms with van der Waals surface area (Å²) in [4.78, 5) is 14.3. The maximum atomic E-state index is 11.9. The maximum Gasteiger partial charge on any atom is 0.312 e. The highest BCUT2D eigenvalue weighted by atomic mass is 16.6. The van der Waals surface area contributed by atoms with Gasteiger partial charge in [0, 0.05) is 19.0 Å². The van der Waals surface area contributed by atoms with E-state index in [1.54, 1.807) is 0 Å². The van der Waals surface area contributed by atoms with Gasteiger partial charge in [-0.15, -0.1) is 0 Å². The zero-order valence-electron chi connectivity index (χ0n) is 13.9. The van der Waals surface area contributed by atoms with Crippen molar-refractivity contribution in [2.75, 3.05) is 33.2 Å². The van der Waals surface area contributed by atoms with Crippen LogP contribution in [0.15, 0.2) is 0 Å². The molecular formula is C16H31N3O2. The first-order valence-electron chi connectivity index (χ1n) is 8.21. The van der Waals surface area contributed by atoms with Gasteiger partial charge in [0.2, 0.25) is 0 Å². The minimum absolute atomic E-state index is 0.110. The van der Waals surface area contributed by atoms with Crippen LogP contribution in [0.5, 0.6) is 0 Å². The van der Waals surface area contributed by atoms with Crippen molar-refractivity contribution in [1.82, 2.24) is 15.5 Å². The Morgan fingerprint density at radius 2 is 2.00 bits per heavy atom. The van der Waals surface area contributed by atoms with Crippen LogP contribution in [-0.2, 0) is 9.53 Å². The normalized spacial score (nSPS) is 28.8. The smallest absolute Gasteiger partial charge is 0.312 e. The van der Waals surface area contributed by atoms with E-state index in [0.29, 0.717) is 12.0 Å². The van der Waals surface area contributed by atoms with Crippen molar-refractivity contribution in [3.8, 4) is 0 Å². The summed E-state index contributed by atoms with van der Waals surface area (Å²) in [6, 6.07) is 0.650. The Morgan fingerprint density at radius 1 is 1.33 bits per heavy atom. The average molecular weight is 297 g/mol. The summed E-state index contributed by atoms with van der Waals surface area (Å²) < 4.78 is 5.53. The lowest BCUT2D eigenvalue weighted by molar-refractivity contribution is -0.159. The predicted octanol–water partition coefficient (Wildman–Crippen LogP) is 1.20. The van der Waals surface area contributed by atoms with Gasteiger partial charge in [0.05, 0.1) is 5.41 Å². The van der Waals surface area contributed by atoms with Gasteiger partial charge >= 0.3 is 5.97 Å². The second kappa shape index (κ2) is 7.07. The van der Waals surface area contributed by atoms with E-state index in [1.165, 1.54) is 25.9 Å². The summed E-state index contributed by atoms with van der Waals surface area (Å²) in [5.41, 5.74) is -0.424. The van der Waals surface area contributed by atoms with Crippen molar-refractivity contribution in [2.24, 2.45) is 11.3 Å². The molecule has 0 spiro atoms. The molecule has 1 unspecified atom stereocenters. The molecule has 2 atom stereocenters. The number of esters is 1. The summed E-state index contributed by atoms with van der Waals surface area (Å²) >= 11 is 0. The topological polar surface area (TPSA) is 53.6 Å². The molecule has 0 aromatic rings. The van der Waals surface area contributed by atoms with Gasteiger partial charge in [-0.3, -0.25) is 10.1 Å². The molecule has 2 N–H and O–H groups in total.